The minimum absolute atomic E-state index is 0.672. The van der Waals surface area contributed by atoms with Crippen molar-refractivity contribution in [1.29, 1.82) is 0 Å². The molecule has 1 N–H and O–H groups in total. The zero-order valence-corrected chi connectivity index (χ0v) is 14.1. The van der Waals surface area contributed by atoms with E-state index >= 15 is 0 Å². The van der Waals surface area contributed by atoms with Crippen molar-refractivity contribution in [2.75, 3.05) is 13.1 Å². The number of aryl methyl sites for hydroxylation is 1. The highest BCUT2D eigenvalue weighted by atomic mass is 32.1. The van der Waals surface area contributed by atoms with Crippen molar-refractivity contribution in [3.8, 4) is 0 Å². The van der Waals surface area contributed by atoms with Crippen molar-refractivity contribution >= 4 is 11.3 Å². The van der Waals surface area contributed by atoms with Gasteiger partial charge in [-0.3, -0.25) is 4.90 Å². The molecular formula is C16H30N2S. The Morgan fingerprint density at radius 2 is 2.05 bits per heavy atom. The molecule has 1 aromatic heterocycles. The van der Waals surface area contributed by atoms with Crippen LogP contribution in [-0.2, 0) is 13.1 Å². The normalized spacial score (nSPS) is 13.2. The van der Waals surface area contributed by atoms with Crippen molar-refractivity contribution < 1.29 is 0 Å². The first-order valence-electron chi connectivity index (χ1n) is 7.65. The fourth-order valence-electron chi connectivity index (χ4n) is 2.28. The molecule has 1 rings (SSSR count). The molecule has 0 aliphatic carbocycles. The third-order valence-corrected chi connectivity index (χ3v) is 4.88. The Kier molecular flexibility index (Phi) is 7.66. The average molecular weight is 282 g/mol. The highest BCUT2D eigenvalue weighted by Crippen LogP contribution is 2.23. The second-order valence-electron chi connectivity index (χ2n) is 5.29. The highest BCUT2D eigenvalue weighted by Gasteiger charge is 2.13. The maximum Gasteiger partial charge on any atom is 0.0299 e. The monoisotopic (exact) mass is 282 g/mol. The standard InChI is InChI=1S/C16H30N2S/c1-6-9-17-11-16-10-15(14(5)19-16)12-18(8-3)13(4)7-2/h10,13,17H,6-9,11-12H2,1-5H3. The van der Waals surface area contributed by atoms with Crippen LogP contribution in [0.15, 0.2) is 6.07 Å². The molecule has 0 amide bonds. The molecule has 3 heteroatoms. The van der Waals surface area contributed by atoms with E-state index in [0.29, 0.717) is 6.04 Å². The minimum Gasteiger partial charge on any atom is -0.312 e. The summed E-state index contributed by atoms with van der Waals surface area (Å²) in [7, 11) is 0. The van der Waals surface area contributed by atoms with Crippen LogP contribution in [0, 0.1) is 6.92 Å². The molecule has 19 heavy (non-hydrogen) atoms. The maximum absolute atomic E-state index is 3.49. The summed E-state index contributed by atoms with van der Waals surface area (Å²) in [5.74, 6) is 0. The Morgan fingerprint density at radius 1 is 1.32 bits per heavy atom. The molecule has 0 saturated carbocycles. The van der Waals surface area contributed by atoms with Crippen LogP contribution in [-0.4, -0.2) is 24.0 Å². The van der Waals surface area contributed by atoms with Gasteiger partial charge in [0.25, 0.3) is 0 Å². The number of hydrogen-bond donors (Lipinski definition) is 1. The zero-order chi connectivity index (χ0) is 14.3. The van der Waals surface area contributed by atoms with Crippen LogP contribution < -0.4 is 5.32 Å². The quantitative estimate of drug-likeness (QED) is 0.684. The third kappa shape index (κ3) is 5.25. The summed E-state index contributed by atoms with van der Waals surface area (Å²) in [6.07, 6.45) is 2.43. The topological polar surface area (TPSA) is 15.3 Å². The molecule has 0 saturated heterocycles. The summed E-state index contributed by atoms with van der Waals surface area (Å²) in [5, 5.41) is 3.49. The summed E-state index contributed by atoms with van der Waals surface area (Å²) in [5.41, 5.74) is 1.51. The Labute approximate surface area is 123 Å². The average Bonchev–Trinajstić information content (AvgIpc) is 2.75. The van der Waals surface area contributed by atoms with Gasteiger partial charge < -0.3 is 5.32 Å². The van der Waals surface area contributed by atoms with Gasteiger partial charge in [0.1, 0.15) is 0 Å². The molecule has 0 aromatic carbocycles. The highest BCUT2D eigenvalue weighted by molar-refractivity contribution is 7.12. The van der Waals surface area contributed by atoms with Crippen molar-refractivity contribution in [2.24, 2.45) is 0 Å². The molecule has 2 nitrogen and oxygen atoms in total. The van der Waals surface area contributed by atoms with Crippen molar-refractivity contribution in [1.82, 2.24) is 10.2 Å². The van der Waals surface area contributed by atoms with Gasteiger partial charge in [0, 0.05) is 28.9 Å². The molecule has 0 fully saturated rings. The van der Waals surface area contributed by atoms with Crippen LogP contribution >= 0.6 is 11.3 Å². The van der Waals surface area contributed by atoms with Gasteiger partial charge in [-0.25, -0.2) is 0 Å². The fraction of sp³-hybridized carbons (Fsp3) is 0.750. The SMILES string of the molecule is CCCNCc1cc(CN(CC)C(C)CC)c(C)s1. The van der Waals surface area contributed by atoms with E-state index in [4.69, 9.17) is 0 Å². The molecule has 0 aliphatic heterocycles. The van der Waals surface area contributed by atoms with Gasteiger partial charge in [0.05, 0.1) is 0 Å². The molecule has 1 heterocycles. The van der Waals surface area contributed by atoms with Crippen LogP contribution in [0.1, 0.15) is 55.9 Å². The molecular weight excluding hydrogens is 252 g/mol. The van der Waals surface area contributed by atoms with Crippen molar-refractivity contribution in [2.45, 2.75) is 66.6 Å². The van der Waals surface area contributed by atoms with Gasteiger partial charge in [-0.1, -0.05) is 20.8 Å². The van der Waals surface area contributed by atoms with Crippen LogP contribution in [0.25, 0.3) is 0 Å². The van der Waals surface area contributed by atoms with E-state index in [2.05, 4.69) is 50.9 Å². The Morgan fingerprint density at radius 3 is 2.63 bits per heavy atom. The first-order chi connectivity index (χ1) is 9.12. The van der Waals surface area contributed by atoms with E-state index in [9.17, 15) is 0 Å². The summed E-state index contributed by atoms with van der Waals surface area (Å²) in [6.45, 7) is 15.7. The summed E-state index contributed by atoms with van der Waals surface area (Å²) in [6, 6.07) is 3.07. The number of thiophene rings is 1. The first kappa shape index (κ1) is 16.7. The second-order valence-corrected chi connectivity index (χ2v) is 6.63. The number of hydrogen-bond acceptors (Lipinski definition) is 3. The van der Waals surface area contributed by atoms with E-state index < -0.39 is 0 Å². The van der Waals surface area contributed by atoms with Crippen LogP contribution in [0.5, 0.6) is 0 Å². The Bertz CT molecular complexity index is 360. The van der Waals surface area contributed by atoms with Crippen molar-refractivity contribution in [3.05, 3.63) is 21.4 Å². The predicted molar refractivity (Wildman–Crippen MR) is 86.9 cm³/mol. The van der Waals surface area contributed by atoms with Crippen LogP contribution in [0.4, 0.5) is 0 Å². The van der Waals surface area contributed by atoms with Gasteiger partial charge >= 0.3 is 0 Å². The lowest BCUT2D eigenvalue weighted by molar-refractivity contribution is 0.206. The lowest BCUT2D eigenvalue weighted by atomic mass is 10.1. The van der Waals surface area contributed by atoms with Gasteiger partial charge in [-0.05, 0) is 51.4 Å². The summed E-state index contributed by atoms with van der Waals surface area (Å²) < 4.78 is 0. The lowest BCUT2D eigenvalue weighted by Gasteiger charge is -2.26. The maximum atomic E-state index is 3.49. The summed E-state index contributed by atoms with van der Waals surface area (Å²) >= 11 is 1.95. The largest absolute Gasteiger partial charge is 0.312 e. The van der Waals surface area contributed by atoms with E-state index in [0.717, 1.165) is 26.2 Å². The third-order valence-electron chi connectivity index (χ3n) is 3.79. The zero-order valence-electron chi connectivity index (χ0n) is 13.3. The second kappa shape index (κ2) is 8.72. The molecule has 0 spiro atoms. The molecule has 1 aromatic rings. The Hall–Kier alpha value is -0.380. The molecule has 0 aliphatic rings. The van der Waals surface area contributed by atoms with Gasteiger partial charge in [-0.15, -0.1) is 11.3 Å². The summed E-state index contributed by atoms with van der Waals surface area (Å²) in [4.78, 5) is 5.52. The van der Waals surface area contributed by atoms with E-state index in [1.165, 1.54) is 28.2 Å². The fourth-order valence-corrected chi connectivity index (χ4v) is 3.30. The molecule has 0 radical (unpaired) electrons. The van der Waals surface area contributed by atoms with Gasteiger partial charge in [-0.2, -0.15) is 0 Å². The molecule has 110 valence electrons. The molecule has 1 unspecified atom stereocenters. The van der Waals surface area contributed by atoms with E-state index in [1.54, 1.807) is 0 Å². The van der Waals surface area contributed by atoms with Crippen LogP contribution in [0.2, 0.25) is 0 Å². The smallest absolute Gasteiger partial charge is 0.0299 e. The van der Waals surface area contributed by atoms with E-state index in [-0.39, 0.29) is 0 Å². The van der Waals surface area contributed by atoms with Crippen LogP contribution in [0.3, 0.4) is 0 Å². The number of nitrogens with one attached hydrogen (secondary N) is 1. The molecule has 1 atom stereocenters. The minimum atomic E-state index is 0.672. The van der Waals surface area contributed by atoms with E-state index in [1.807, 2.05) is 11.3 Å². The Balaban J connectivity index is 2.62. The number of rotatable bonds is 9. The van der Waals surface area contributed by atoms with Gasteiger partial charge in [0.2, 0.25) is 0 Å². The van der Waals surface area contributed by atoms with Crippen molar-refractivity contribution in [3.63, 3.8) is 0 Å². The predicted octanol–water partition coefficient (Wildman–Crippen LogP) is 4.18. The molecule has 0 bridgehead atoms. The first-order valence-corrected chi connectivity index (χ1v) is 8.46. The lowest BCUT2D eigenvalue weighted by Crippen LogP contribution is -2.31. The van der Waals surface area contributed by atoms with Gasteiger partial charge in [0.15, 0.2) is 0 Å². The number of nitrogens with zero attached hydrogens (tertiary/aromatic N) is 1.